The molecule has 0 amide bonds. The number of fused-ring (bicyclic) bond motifs is 1. The van der Waals surface area contributed by atoms with Crippen LogP contribution in [0.25, 0.3) is 0 Å². The van der Waals surface area contributed by atoms with E-state index in [0.29, 0.717) is 0 Å². The number of hydrogen-bond acceptors (Lipinski definition) is 1. The summed E-state index contributed by atoms with van der Waals surface area (Å²) < 4.78 is 4.94. The molecule has 42 valence electrons. The van der Waals surface area contributed by atoms with Gasteiger partial charge in [0, 0.05) is 0 Å². The standard InChI is InChI=1S/C6H4O.AsH3/c1-2-4-6-5(3-1)7-6;/h1-4H;1H3. The number of para-hydroxylation sites is 2. The van der Waals surface area contributed by atoms with Crippen LogP contribution in [-0.2, 0) is 0 Å². The van der Waals surface area contributed by atoms with Crippen LogP contribution in [0.3, 0.4) is 0 Å². The molecular weight excluding hydrogens is 163 g/mol. The molecule has 1 unspecified atom stereocenters. The molecule has 0 aromatic heterocycles. The van der Waals surface area contributed by atoms with Crippen molar-refractivity contribution in [2.45, 2.75) is 0 Å². The van der Waals surface area contributed by atoms with Crippen molar-refractivity contribution in [2.24, 2.45) is 0 Å². The SMILES string of the molecule is [AsH3].c1ccc2c(c1)O2. The third kappa shape index (κ3) is 0.739. The van der Waals surface area contributed by atoms with Gasteiger partial charge in [-0.2, -0.15) is 0 Å². The van der Waals surface area contributed by atoms with E-state index >= 15 is 0 Å². The molecule has 1 aromatic carbocycles. The second-order valence-corrected chi connectivity index (χ2v) is 1.55. The molecule has 0 bridgehead atoms. The topological polar surface area (TPSA) is 12.5 Å². The number of benzene rings is 1. The van der Waals surface area contributed by atoms with Gasteiger partial charge in [-0.25, -0.2) is 0 Å². The first-order valence-corrected chi connectivity index (χ1v) is 2.24. The van der Waals surface area contributed by atoms with Gasteiger partial charge in [0.15, 0.2) is 11.5 Å². The van der Waals surface area contributed by atoms with Crippen LogP contribution in [0.15, 0.2) is 24.3 Å². The van der Waals surface area contributed by atoms with Gasteiger partial charge >= 0.3 is 18.0 Å². The fraction of sp³-hybridized carbons (Fsp3) is 0. The summed E-state index contributed by atoms with van der Waals surface area (Å²) in [6.45, 7) is 0. The Morgan fingerprint density at radius 2 is 1.50 bits per heavy atom. The zero-order chi connectivity index (χ0) is 4.69. The Labute approximate surface area is 59.0 Å². The quantitative estimate of drug-likeness (QED) is 0.416. The van der Waals surface area contributed by atoms with E-state index in [9.17, 15) is 0 Å². The fourth-order valence-electron chi connectivity index (χ4n) is 0.611. The molecule has 0 aliphatic carbocycles. The monoisotopic (exact) mass is 170 g/mol. The zero-order valence-electron chi connectivity index (χ0n) is 4.42. The fourth-order valence-corrected chi connectivity index (χ4v) is 0.611. The minimum Gasteiger partial charge on any atom is -0.450 e. The molecule has 1 atom stereocenters. The normalized spacial score (nSPS) is 10.5. The van der Waals surface area contributed by atoms with Gasteiger partial charge in [0.2, 0.25) is 0 Å². The van der Waals surface area contributed by atoms with Gasteiger partial charge in [-0.15, -0.1) is 0 Å². The molecule has 0 radical (unpaired) electrons. The molecule has 2 rings (SSSR count). The molecule has 0 fully saturated rings. The van der Waals surface area contributed by atoms with Crippen molar-refractivity contribution < 1.29 is 4.74 Å². The first-order chi connectivity index (χ1) is 3.47. The second-order valence-electron chi connectivity index (χ2n) is 1.55. The summed E-state index contributed by atoms with van der Waals surface area (Å²) in [4.78, 5) is 0. The molecule has 0 N–H and O–H groups in total. The minimum absolute atomic E-state index is 0. The van der Waals surface area contributed by atoms with Crippen molar-refractivity contribution >= 4 is 18.0 Å². The number of hydrogen-bond donors (Lipinski definition) is 0. The molecule has 0 saturated carbocycles. The van der Waals surface area contributed by atoms with Crippen LogP contribution in [0.5, 0.6) is 11.5 Å². The summed E-state index contributed by atoms with van der Waals surface area (Å²) >= 11 is 0. The Morgan fingerprint density at radius 1 is 1.00 bits per heavy atom. The summed E-state index contributed by atoms with van der Waals surface area (Å²) in [5.74, 6) is 2.06. The molecule has 1 heterocycles. The Hall–Kier alpha value is -0.422. The summed E-state index contributed by atoms with van der Waals surface area (Å²) in [6.07, 6.45) is 0. The molecule has 0 spiro atoms. The summed E-state index contributed by atoms with van der Waals surface area (Å²) in [5.41, 5.74) is 0. The van der Waals surface area contributed by atoms with Crippen LogP contribution >= 0.6 is 0 Å². The van der Waals surface area contributed by atoms with Crippen LogP contribution in [-0.4, -0.2) is 18.0 Å². The van der Waals surface area contributed by atoms with Gasteiger partial charge < -0.3 is 4.74 Å². The number of ether oxygens (including phenoxy) is 1. The van der Waals surface area contributed by atoms with E-state index in [0.717, 1.165) is 11.5 Å². The van der Waals surface area contributed by atoms with E-state index in [2.05, 4.69) is 0 Å². The average Bonchev–Trinajstić information content (AvgIpc) is 2.41. The smallest absolute Gasteiger partial charge is 0.170 e. The molecule has 0 saturated heterocycles. The molecule has 1 aliphatic rings. The van der Waals surface area contributed by atoms with Crippen molar-refractivity contribution in [2.75, 3.05) is 0 Å². The van der Waals surface area contributed by atoms with Crippen LogP contribution in [0.4, 0.5) is 0 Å². The Bertz CT molecular complexity index is 176. The average molecular weight is 170 g/mol. The summed E-state index contributed by atoms with van der Waals surface area (Å²) in [7, 11) is 0. The minimum atomic E-state index is 0. The summed E-state index contributed by atoms with van der Waals surface area (Å²) in [6, 6.07) is 7.84. The zero-order valence-corrected chi connectivity index (χ0v) is 7.39. The van der Waals surface area contributed by atoms with Gasteiger partial charge in [-0.05, 0) is 12.1 Å². The van der Waals surface area contributed by atoms with Crippen molar-refractivity contribution in [1.82, 2.24) is 0 Å². The van der Waals surface area contributed by atoms with E-state index in [1.54, 1.807) is 0 Å². The van der Waals surface area contributed by atoms with Gasteiger partial charge in [0.1, 0.15) is 0 Å². The first-order valence-electron chi connectivity index (χ1n) is 2.24. The second kappa shape index (κ2) is 1.83. The largest absolute Gasteiger partial charge is 0.450 e. The number of rotatable bonds is 0. The predicted molar refractivity (Wildman–Crippen MR) is 36.5 cm³/mol. The Kier molecular flexibility index (Phi) is 1.31. The molecule has 1 aliphatic heterocycles. The molecular formula is C6H7AsO. The summed E-state index contributed by atoms with van der Waals surface area (Å²) in [5, 5.41) is 0. The van der Waals surface area contributed by atoms with Gasteiger partial charge in [0.25, 0.3) is 0 Å². The van der Waals surface area contributed by atoms with E-state index in [4.69, 9.17) is 4.74 Å². The van der Waals surface area contributed by atoms with E-state index in [1.165, 1.54) is 0 Å². The predicted octanol–water partition coefficient (Wildman–Crippen LogP) is 0.608. The molecule has 2 heteroatoms. The third-order valence-electron chi connectivity index (χ3n) is 1.03. The van der Waals surface area contributed by atoms with Crippen LogP contribution in [0.2, 0.25) is 0 Å². The van der Waals surface area contributed by atoms with Crippen LogP contribution in [0, 0.1) is 0 Å². The van der Waals surface area contributed by atoms with Crippen molar-refractivity contribution in [3.8, 4) is 11.5 Å². The van der Waals surface area contributed by atoms with Crippen molar-refractivity contribution in [3.63, 3.8) is 0 Å². The third-order valence-corrected chi connectivity index (χ3v) is 1.03. The van der Waals surface area contributed by atoms with E-state index in [1.807, 2.05) is 24.3 Å². The maximum atomic E-state index is 4.94. The van der Waals surface area contributed by atoms with Gasteiger partial charge in [-0.1, -0.05) is 12.1 Å². The van der Waals surface area contributed by atoms with Gasteiger partial charge in [0.05, 0.1) is 0 Å². The van der Waals surface area contributed by atoms with Gasteiger partial charge in [-0.3, -0.25) is 0 Å². The van der Waals surface area contributed by atoms with E-state index in [-0.39, 0.29) is 18.0 Å². The maximum Gasteiger partial charge on any atom is 0.170 e. The van der Waals surface area contributed by atoms with Crippen molar-refractivity contribution in [1.29, 1.82) is 0 Å². The molecule has 1 nitrogen and oxygen atoms in total. The van der Waals surface area contributed by atoms with E-state index < -0.39 is 0 Å². The maximum absolute atomic E-state index is 4.94. The molecule has 1 aromatic rings. The molecule has 8 heavy (non-hydrogen) atoms. The first kappa shape index (κ1) is 5.71. The Balaban J connectivity index is 0.000000320. The Morgan fingerprint density at radius 3 is 1.88 bits per heavy atom. The van der Waals surface area contributed by atoms with Crippen LogP contribution in [0.1, 0.15) is 0 Å². The van der Waals surface area contributed by atoms with Crippen molar-refractivity contribution in [3.05, 3.63) is 24.3 Å². The van der Waals surface area contributed by atoms with Crippen LogP contribution < -0.4 is 4.74 Å².